The standard InChI is InChI=1S/C20H19N3O2/c1-14-5-7-15(8-6-14)13-22-18(24)20(9-10-20)19(25)23-17-4-2-3-16(11-17)12-21/h2-8,11H,9-10,13H2,1H3,(H,22,24)(H,23,25). The summed E-state index contributed by atoms with van der Waals surface area (Å²) >= 11 is 0. The monoisotopic (exact) mass is 333 g/mol. The van der Waals surface area contributed by atoms with Crippen LogP contribution in [-0.4, -0.2) is 11.8 Å². The summed E-state index contributed by atoms with van der Waals surface area (Å²) in [5.41, 5.74) is 2.16. The van der Waals surface area contributed by atoms with Crippen LogP contribution in [-0.2, 0) is 16.1 Å². The van der Waals surface area contributed by atoms with Gasteiger partial charge in [0.05, 0.1) is 11.6 Å². The first kappa shape index (κ1) is 16.7. The molecule has 2 N–H and O–H groups in total. The van der Waals surface area contributed by atoms with Gasteiger partial charge in [-0.15, -0.1) is 0 Å². The molecular formula is C20H19N3O2. The lowest BCUT2D eigenvalue weighted by Gasteiger charge is -2.15. The fourth-order valence-corrected chi connectivity index (χ4v) is 2.66. The minimum atomic E-state index is -0.993. The van der Waals surface area contributed by atoms with Crippen LogP contribution < -0.4 is 10.6 Å². The molecule has 0 unspecified atom stereocenters. The van der Waals surface area contributed by atoms with Crippen molar-refractivity contribution in [3.63, 3.8) is 0 Å². The van der Waals surface area contributed by atoms with Crippen molar-refractivity contribution in [2.45, 2.75) is 26.3 Å². The van der Waals surface area contributed by atoms with Gasteiger partial charge < -0.3 is 10.6 Å². The minimum Gasteiger partial charge on any atom is -0.351 e. The summed E-state index contributed by atoms with van der Waals surface area (Å²) in [4.78, 5) is 25.0. The summed E-state index contributed by atoms with van der Waals surface area (Å²) in [5, 5.41) is 14.5. The molecule has 2 aromatic rings. The third kappa shape index (κ3) is 3.69. The highest BCUT2D eigenvalue weighted by Crippen LogP contribution is 2.46. The molecule has 1 saturated carbocycles. The highest BCUT2D eigenvalue weighted by atomic mass is 16.2. The van der Waals surface area contributed by atoms with E-state index in [1.165, 1.54) is 0 Å². The lowest BCUT2D eigenvalue weighted by Crippen LogP contribution is -2.39. The van der Waals surface area contributed by atoms with Crippen molar-refractivity contribution in [2.75, 3.05) is 5.32 Å². The Morgan fingerprint density at radius 1 is 1.12 bits per heavy atom. The second kappa shape index (κ2) is 6.78. The van der Waals surface area contributed by atoms with Gasteiger partial charge >= 0.3 is 0 Å². The Balaban J connectivity index is 1.62. The van der Waals surface area contributed by atoms with Crippen molar-refractivity contribution < 1.29 is 9.59 Å². The van der Waals surface area contributed by atoms with E-state index in [4.69, 9.17) is 5.26 Å². The molecule has 0 heterocycles. The van der Waals surface area contributed by atoms with Crippen molar-refractivity contribution in [3.05, 3.63) is 65.2 Å². The molecule has 25 heavy (non-hydrogen) atoms. The topological polar surface area (TPSA) is 82.0 Å². The smallest absolute Gasteiger partial charge is 0.240 e. The molecule has 1 aliphatic carbocycles. The van der Waals surface area contributed by atoms with Crippen LogP contribution in [0.5, 0.6) is 0 Å². The molecular weight excluding hydrogens is 314 g/mol. The number of benzene rings is 2. The zero-order valence-corrected chi connectivity index (χ0v) is 14.0. The Bertz CT molecular complexity index is 846. The first-order valence-corrected chi connectivity index (χ1v) is 8.19. The average Bonchev–Trinajstić information content (AvgIpc) is 3.43. The lowest BCUT2D eigenvalue weighted by molar-refractivity contribution is -0.134. The van der Waals surface area contributed by atoms with E-state index in [1.54, 1.807) is 24.3 Å². The van der Waals surface area contributed by atoms with Crippen LogP contribution in [0.4, 0.5) is 5.69 Å². The molecule has 2 aromatic carbocycles. The normalized spacial score (nSPS) is 14.2. The number of nitrogens with zero attached hydrogens (tertiary/aromatic N) is 1. The van der Waals surface area contributed by atoms with E-state index in [2.05, 4.69) is 10.6 Å². The highest BCUT2D eigenvalue weighted by molar-refractivity contribution is 6.13. The van der Waals surface area contributed by atoms with Gasteiger partial charge in [-0.25, -0.2) is 0 Å². The van der Waals surface area contributed by atoms with E-state index in [0.29, 0.717) is 30.6 Å². The molecule has 1 fully saturated rings. The maximum Gasteiger partial charge on any atom is 0.240 e. The first-order chi connectivity index (χ1) is 12.0. The molecule has 0 atom stereocenters. The van der Waals surface area contributed by atoms with Crippen LogP contribution in [0.2, 0.25) is 0 Å². The van der Waals surface area contributed by atoms with E-state index < -0.39 is 5.41 Å². The average molecular weight is 333 g/mol. The van der Waals surface area contributed by atoms with Gasteiger partial charge in [0.25, 0.3) is 0 Å². The third-order valence-corrected chi connectivity index (χ3v) is 4.44. The summed E-state index contributed by atoms with van der Waals surface area (Å²) in [6.45, 7) is 2.41. The first-order valence-electron chi connectivity index (χ1n) is 8.19. The van der Waals surface area contributed by atoms with Crippen molar-refractivity contribution >= 4 is 17.5 Å². The number of aryl methyl sites for hydroxylation is 1. The number of carbonyl (C=O) groups excluding carboxylic acids is 2. The zero-order valence-electron chi connectivity index (χ0n) is 14.0. The van der Waals surface area contributed by atoms with Crippen molar-refractivity contribution in [1.82, 2.24) is 5.32 Å². The Kier molecular flexibility index (Phi) is 4.53. The van der Waals surface area contributed by atoms with Gasteiger partial charge in [-0.05, 0) is 43.5 Å². The molecule has 1 aliphatic rings. The number of rotatable bonds is 5. The van der Waals surface area contributed by atoms with Gasteiger partial charge in [0, 0.05) is 12.2 Å². The van der Waals surface area contributed by atoms with Gasteiger partial charge in [0.2, 0.25) is 11.8 Å². The van der Waals surface area contributed by atoms with Crippen LogP contribution in [0.3, 0.4) is 0 Å². The Hall–Kier alpha value is -3.13. The summed E-state index contributed by atoms with van der Waals surface area (Å²) in [6.07, 6.45) is 1.08. The van der Waals surface area contributed by atoms with Crippen LogP contribution in [0, 0.1) is 23.7 Å². The Morgan fingerprint density at radius 2 is 1.84 bits per heavy atom. The third-order valence-electron chi connectivity index (χ3n) is 4.44. The number of anilines is 1. The number of nitriles is 1. The van der Waals surface area contributed by atoms with Crippen LogP contribution in [0.25, 0.3) is 0 Å². The van der Waals surface area contributed by atoms with Crippen LogP contribution in [0.1, 0.15) is 29.5 Å². The summed E-state index contributed by atoms with van der Waals surface area (Å²) < 4.78 is 0. The maximum atomic E-state index is 12.5. The number of hydrogen-bond donors (Lipinski definition) is 2. The Labute approximate surface area is 146 Å². The number of carbonyl (C=O) groups is 2. The molecule has 0 aliphatic heterocycles. The zero-order chi connectivity index (χ0) is 17.9. The summed E-state index contributed by atoms with van der Waals surface area (Å²) in [7, 11) is 0. The molecule has 5 nitrogen and oxygen atoms in total. The van der Waals surface area contributed by atoms with E-state index in [9.17, 15) is 9.59 Å². The molecule has 0 aromatic heterocycles. The van der Waals surface area contributed by atoms with Gasteiger partial charge in [0.1, 0.15) is 5.41 Å². The molecule has 0 radical (unpaired) electrons. The molecule has 2 amide bonds. The fourth-order valence-electron chi connectivity index (χ4n) is 2.66. The molecule has 0 spiro atoms. The fraction of sp³-hybridized carbons (Fsp3) is 0.250. The van der Waals surface area contributed by atoms with Gasteiger partial charge in [-0.3, -0.25) is 9.59 Å². The predicted octanol–water partition coefficient (Wildman–Crippen LogP) is 2.90. The molecule has 126 valence electrons. The largest absolute Gasteiger partial charge is 0.351 e. The molecule has 0 saturated heterocycles. The second-order valence-electron chi connectivity index (χ2n) is 6.40. The molecule has 0 bridgehead atoms. The Morgan fingerprint density at radius 3 is 2.48 bits per heavy atom. The van der Waals surface area contributed by atoms with E-state index >= 15 is 0 Å². The van der Waals surface area contributed by atoms with Crippen molar-refractivity contribution in [3.8, 4) is 6.07 Å². The van der Waals surface area contributed by atoms with Crippen molar-refractivity contribution in [1.29, 1.82) is 5.26 Å². The predicted molar refractivity (Wildman–Crippen MR) is 94.5 cm³/mol. The molecule has 5 heteroatoms. The summed E-state index contributed by atoms with van der Waals surface area (Å²) in [5.74, 6) is -0.564. The van der Waals surface area contributed by atoms with Crippen molar-refractivity contribution in [2.24, 2.45) is 5.41 Å². The molecule has 3 rings (SSSR count). The maximum absolute atomic E-state index is 12.5. The minimum absolute atomic E-state index is 0.248. The lowest BCUT2D eigenvalue weighted by atomic mass is 10.0. The van der Waals surface area contributed by atoms with Gasteiger partial charge in [-0.1, -0.05) is 35.9 Å². The van der Waals surface area contributed by atoms with E-state index in [-0.39, 0.29) is 11.8 Å². The van der Waals surface area contributed by atoms with Gasteiger partial charge in [0.15, 0.2) is 0 Å². The van der Waals surface area contributed by atoms with Crippen LogP contribution >= 0.6 is 0 Å². The highest BCUT2D eigenvalue weighted by Gasteiger charge is 2.56. The number of amides is 2. The quantitative estimate of drug-likeness (QED) is 0.826. The van der Waals surface area contributed by atoms with Gasteiger partial charge in [-0.2, -0.15) is 5.26 Å². The second-order valence-corrected chi connectivity index (χ2v) is 6.40. The van der Waals surface area contributed by atoms with Crippen LogP contribution in [0.15, 0.2) is 48.5 Å². The number of hydrogen-bond acceptors (Lipinski definition) is 3. The van der Waals surface area contributed by atoms with E-state index in [1.807, 2.05) is 37.3 Å². The van der Waals surface area contributed by atoms with E-state index in [0.717, 1.165) is 11.1 Å². The summed E-state index contributed by atoms with van der Waals surface area (Å²) in [6, 6.07) is 16.6. The number of nitrogens with one attached hydrogen (secondary N) is 2. The SMILES string of the molecule is Cc1ccc(CNC(=O)C2(C(=O)Nc3cccc(C#N)c3)CC2)cc1.